The largest absolute Gasteiger partial charge is 0.477 e. The minimum Gasteiger partial charge on any atom is -0.477 e. The number of nitrogens with zero attached hydrogens (tertiary/aromatic N) is 1. The van der Waals surface area contributed by atoms with E-state index in [1.54, 1.807) is 31.2 Å². The Labute approximate surface area is 132 Å². The molecule has 1 aromatic carbocycles. The van der Waals surface area contributed by atoms with E-state index in [1.165, 1.54) is 0 Å². The van der Waals surface area contributed by atoms with Crippen molar-refractivity contribution in [2.24, 2.45) is 5.73 Å². The molecule has 0 radical (unpaired) electrons. The SMILES string of the molecule is C[C@H](N)CNc1noc(-c2ccc(Cl)cc2)c1C(=O)O.Cl. The van der Waals surface area contributed by atoms with Crippen molar-refractivity contribution in [1.82, 2.24) is 5.16 Å². The Balaban J connectivity index is 0.00000220. The van der Waals surface area contributed by atoms with Crippen LogP contribution in [-0.4, -0.2) is 28.8 Å². The third-order valence-corrected chi connectivity index (χ3v) is 2.86. The maximum Gasteiger partial charge on any atom is 0.343 e. The number of aromatic nitrogens is 1. The Morgan fingerprint density at radius 1 is 1.48 bits per heavy atom. The molecular formula is C13H15Cl2N3O3. The quantitative estimate of drug-likeness (QED) is 0.778. The zero-order chi connectivity index (χ0) is 14.7. The van der Waals surface area contributed by atoms with E-state index in [1.807, 2.05) is 0 Å². The first-order valence-corrected chi connectivity index (χ1v) is 6.35. The van der Waals surface area contributed by atoms with Crippen molar-refractivity contribution in [1.29, 1.82) is 0 Å². The predicted molar refractivity (Wildman–Crippen MR) is 83.3 cm³/mol. The van der Waals surface area contributed by atoms with E-state index in [0.29, 0.717) is 17.1 Å². The lowest BCUT2D eigenvalue weighted by molar-refractivity contribution is 0.0698. The average Bonchev–Trinajstić information content (AvgIpc) is 2.81. The van der Waals surface area contributed by atoms with E-state index in [4.69, 9.17) is 21.9 Å². The number of aromatic carboxylic acids is 1. The molecule has 21 heavy (non-hydrogen) atoms. The van der Waals surface area contributed by atoms with Crippen molar-refractivity contribution < 1.29 is 14.4 Å². The molecule has 4 N–H and O–H groups in total. The summed E-state index contributed by atoms with van der Waals surface area (Å²) in [5.74, 6) is -0.774. The van der Waals surface area contributed by atoms with Crippen LogP contribution in [0.15, 0.2) is 28.8 Å². The van der Waals surface area contributed by atoms with Crippen molar-refractivity contribution in [3.8, 4) is 11.3 Å². The Bertz CT molecular complexity index is 612. The van der Waals surface area contributed by atoms with Gasteiger partial charge in [0.2, 0.25) is 0 Å². The molecule has 0 aliphatic heterocycles. The van der Waals surface area contributed by atoms with Gasteiger partial charge in [0, 0.05) is 23.2 Å². The molecule has 1 heterocycles. The molecule has 1 atom stereocenters. The number of carbonyl (C=O) groups is 1. The van der Waals surface area contributed by atoms with E-state index < -0.39 is 5.97 Å². The molecule has 0 aliphatic rings. The summed E-state index contributed by atoms with van der Waals surface area (Å²) < 4.78 is 5.14. The van der Waals surface area contributed by atoms with Gasteiger partial charge in [-0.15, -0.1) is 12.4 Å². The second kappa shape index (κ2) is 7.31. The maximum atomic E-state index is 11.4. The van der Waals surface area contributed by atoms with E-state index in [-0.39, 0.29) is 35.6 Å². The van der Waals surface area contributed by atoms with E-state index in [0.717, 1.165) is 0 Å². The number of hydrogen-bond acceptors (Lipinski definition) is 5. The molecule has 0 aliphatic carbocycles. The molecule has 0 amide bonds. The van der Waals surface area contributed by atoms with Gasteiger partial charge in [-0.3, -0.25) is 0 Å². The summed E-state index contributed by atoms with van der Waals surface area (Å²) in [5, 5.41) is 16.5. The Morgan fingerprint density at radius 3 is 2.62 bits per heavy atom. The Hall–Kier alpha value is -1.76. The molecule has 0 bridgehead atoms. The summed E-state index contributed by atoms with van der Waals surface area (Å²) in [5.41, 5.74) is 6.19. The van der Waals surface area contributed by atoms with Crippen LogP contribution in [0.5, 0.6) is 0 Å². The van der Waals surface area contributed by atoms with Crippen molar-refractivity contribution in [2.45, 2.75) is 13.0 Å². The molecule has 8 heteroatoms. The van der Waals surface area contributed by atoms with Gasteiger partial charge in [-0.25, -0.2) is 4.79 Å². The van der Waals surface area contributed by atoms with Crippen LogP contribution in [0, 0.1) is 0 Å². The molecule has 0 fully saturated rings. The van der Waals surface area contributed by atoms with Crippen molar-refractivity contribution in [3.63, 3.8) is 0 Å². The number of nitrogens with two attached hydrogens (primary N) is 1. The number of carboxylic acid groups (broad SMARTS) is 1. The smallest absolute Gasteiger partial charge is 0.343 e. The number of carboxylic acids is 1. The number of nitrogens with one attached hydrogen (secondary N) is 1. The van der Waals surface area contributed by atoms with E-state index >= 15 is 0 Å². The summed E-state index contributed by atoms with van der Waals surface area (Å²) >= 11 is 5.80. The maximum absolute atomic E-state index is 11.4. The van der Waals surface area contributed by atoms with Crippen LogP contribution < -0.4 is 11.1 Å². The minimum absolute atomic E-state index is 0. The lowest BCUT2D eigenvalue weighted by Gasteiger charge is -2.06. The second-order valence-electron chi connectivity index (χ2n) is 4.41. The van der Waals surface area contributed by atoms with Crippen molar-refractivity contribution in [2.75, 3.05) is 11.9 Å². The first-order chi connectivity index (χ1) is 9.49. The number of hydrogen-bond donors (Lipinski definition) is 3. The highest BCUT2D eigenvalue weighted by molar-refractivity contribution is 6.30. The average molecular weight is 332 g/mol. The minimum atomic E-state index is -1.12. The van der Waals surface area contributed by atoms with Crippen molar-refractivity contribution >= 4 is 35.8 Å². The van der Waals surface area contributed by atoms with Crippen LogP contribution in [0.4, 0.5) is 5.82 Å². The van der Waals surface area contributed by atoms with Crippen LogP contribution in [-0.2, 0) is 0 Å². The molecule has 2 aromatic rings. The van der Waals surface area contributed by atoms with Crippen LogP contribution in [0.25, 0.3) is 11.3 Å². The van der Waals surface area contributed by atoms with Gasteiger partial charge in [0.05, 0.1) is 0 Å². The fraction of sp³-hybridized carbons (Fsp3) is 0.231. The third kappa shape index (κ3) is 4.10. The predicted octanol–water partition coefficient (Wildman–Crippen LogP) is 2.87. The van der Waals surface area contributed by atoms with Gasteiger partial charge in [0.1, 0.15) is 0 Å². The number of rotatable bonds is 5. The zero-order valence-corrected chi connectivity index (χ0v) is 12.7. The van der Waals surface area contributed by atoms with Crippen LogP contribution >= 0.6 is 24.0 Å². The highest BCUT2D eigenvalue weighted by Crippen LogP contribution is 2.30. The van der Waals surface area contributed by atoms with Gasteiger partial charge >= 0.3 is 5.97 Å². The monoisotopic (exact) mass is 331 g/mol. The molecule has 2 rings (SSSR count). The molecule has 6 nitrogen and oxygen atoms in total. The number of anilines is 1. The molecule has 0 saturated carbocycles. The fourth-order valence-electron chi connectivity index (χ4n) is 1.67. The first kappa shape index (κ1) is 17.3. The standard InChI is InChI=1S/C13H14ClN3O3.ClH/c1-7(15)6-16-12-10(13(18)19)11(20-17-12)8-2-4-9(14)5-3-8;/h2-5,7H,6,15H2,1H3,(H,16,17)(H,18,19);1H/t7-;/m0./s1. The first-order valence-electron chi connectivity index (χ1n) is 5.97. The van der Waals surface area contributed by atoms with Gasteiger partial charge in [-0.1, -0.05) is 16.8 Å². The number of benzene rings is 1. The van der Waals surface area contributed by atoms with Crippen molar-refractivity contribution in [3.05, 3.63) is 34.9 Å². The second-order valence-corrected chi connectivity index (χ2v) is 4.84. The van der Waals surface area contributed by atoms with E-state index in [2.05, 4.69) is 10.5 Å². The van der Waals surface area contributed by atoms with Gasteiger partial charge in [0.25, 0.3) is 0 Å². The molecule has 0 spiro atoms. The molecular weight excluding hydrogens is 317 g/mol. The summed E-state index contributed by atoms with van der Waals surface area (Å²) in [6.07, 6.45) is 0. The zero-order valence-electron chi connectivity index (χ0n) is 11.2. The van der Waals surface area contributed by atoms with E-state index in [9.17, 15) is 9.90 Å². The highest BCUT2D eigenvalue weighted by atomic mass is 35.5. The normalized spacial score (nSPS) is 11.6. The molecule has 1 aromatic heterocycles. The van der Waals surface area contributed by atoms with Crippen LogP contribution in [0.3, 0.4) is 0 Å². The summed E-state index contributed by atoms with van der Waals surface area (Å²) in [4.78, 5) is 11.4. The lowest BCUT2D eigenvalue weighted by atomic mass is 10.1. The highest BCUT2D eigenvalue weighted by Gasteiger charge is 2.23. The third-order valence-electron chi connectivity index (χ3n) is 2.60. The fourth-order valence-corrected chi connectivity index (χ4v) is 1.79. The van der Waals surface area contributed by atoms with Crippen LogP contribution in [0.1, 0.15) is 17.3 Å². The number of halogens is 2. The Morgan fingerprint density at radius 2 is 2.10 bits per heavy atom. The van der Waals surface area contributed by atoms with Gasteiger partial charge in [-0.05, 0) is 31.2 Å². The summed E-state index contributed by atoms with van der Waals surface area (Å²) in [6, 6.07) is 6.52. The van der Waals surface area contributed by atoms with Gasteiger partial charge in [0.15, 0.2) is 17.1 Å². The molecule has 0 saturated heterocycles. The molecule has 114 valence electrons. The lowest BCUT2D eigenvalue weighted by Crippen LogP contribution is -2.25. The molecule has 0 unspecified atom stereocenters. The van der Waals surface area contributed by atoms with Gasteiger partial charge in [-0.2, -0.15) is 0 Å². The van der Waals surface area contributed by atoms with Gasteiger partial charge < -0.3 is 20.7 Å². The summed E-state index contributed by atoms with van der Waals surface area (Å²) in [6.45, 7) is 2.19. The Kier molecular flexibility index (Phi) is 6.02. The topological polar surface area (TPSA) is 101 Å². The van der Waals surface area contributed by atoms with Crippen LogP contribution in [0.2, 0.25) is 5.02 Å². The summed E-state index contributed by atoms with van der Waals surface area (Å²) in [7, 11) is 0.